The largest absolute Gasteiger partial charge is 0.377 e. The van der Waals surface area contributed by atoms with Crippen molar-refractivity contribution in [1.82, 2.24) is 10.2 Å². The molecule has 21 heavy (non-hydrogen) atoms. The van der Waals surface area contributed by atoms with Crippen LogP contribution < -0.4 is 5.32 Å². The Kier molecular flexibility index (Phi) is 4.85. The number of nitrogens with one attached hydrogen (secondary N) is 1. The van der Waals surface area contributed by atoms with E-state index in [1.165, 1.54) is 17.0 Å². The predicted octanol–water partition coefficient (Wildman–Crippen LogP) is 0.942. The Bertz CT molecular complexity index is 551. The van der Waals surface area contributed by atoms with Gasteiger partial charge in [0.2, 0.25) is 5.91 Å². The van der Waals surface area contributed by atoms with Crippen molar-refractivity contribution in [2.24, 2.45) is 0 Å². The minimum absolute atomic E-state index is 0.0362. The Hall–Kier alpha value is -2.02. The van der Waals surface area contributed by atoms with Gasteiger partial charge in [-0.2, -0.15) is 0 Å². The van der Waals surface area contributed by atoms with Crippen molar-refractivity contribution in [2.75, 3.05) is 26.3 Å². The topological polar surface area (TPSA) is 58.6 Å². The van der Waals surface area contributed by atoms with E-state index < -0.39 is 23.6 Å². The highest BCUT2D eigenvalue weighted by Crippen LogP contribution is 2.17. The minimum atomic E-state index is -1.20. The van der Waals surface area contributed by atoms with Crippen LogP contribution in [0.1, 0.15) is 17.3 Å². The standard InChI is InChI=1S/C14H16F2N2O3/c1-2-17-13(19)11-8-21-7-6-18(11)14(20)9-4-3-5-10(15)12(9)16/h3-5,11H,2,6-8H2,1H3,(H,17,19). The van der Waals surface area contributed by atoms with Crippen LogP contribution in [0.3, 0.4) is 0 Å². The summed E-state index contributed by atoms with van der Waals surface area (Å²) >= 11 is 0. The smallest absolute Gasteiger partial charge is 0.257 e. The van der Waals surface area contributed by atoms with Gasteiger partial charge in [-0.05, 0) is 19.1 Å². The van der Waals surface area contributed by atoms with Crippen molar-refractivity contribution in [3.05, 3.63) is 35.4 Å². The molecule has 0 radical (unpaired) electrons. The summed E-state index contributed by atoms with van der Waals surface area (Å²) in [4.78, 5) is 25.5. The molecule has 1 aliphatic heterocycles. The quantitative estimate of drug-likeness (QED) is 0.903. The zero-order valence-corrected chi connectivity index (χ0v) is 11.6. The number of morpholine rings is 1. The van der Waals surface area contributed by atoms with Crippen LogP contribution in [0.15, 0.2) is 18.2 Å². The molecule has 1 atom stereocenters. The number of carbonyl (C=O) groups excluding carboxylic acids is 2. The summed E-state index contributed by atoms with van der Waals surface area (Å²) in [6.45, 7) is 2.59. The number of rotatable bonds is 3. The van der Waals surface area contributed by atoms with E-state index in [0.717, 1.165) is 6.07 Å². The van der Waals surface area contributed by atoms with Gasteiger partial charge in [0, 0.05) is 13.1 Å². The summed E-state index contributed by atoms with van der Waals surface area (Å²) in [5.74, 6) is -3.39. The van der Waals surface area contributed by atoms with E-state index in [1.54, 1.807) is 6.92 Å². The average molecular weight is 298 g/mol. The molecule has 2 rings (SSSR count). The molecule has 114 valence electrons. The van der Waals surface area contributed by atoms with Gasteiger partial charge < -0.3 is 15.0 Å². The Morgan fingerprint density at radius 3 is 2.90 bits per heavy atom. The Morgan fingerprint density at radius 2 is 2.19 bits per heavy atom. The zero-order valence-electron chi connectivity index (χ0n) is 11.6. The molecule has 1 saturated heterocycles. The van der Waals surface area contributed by atoms with Gasteiger partial charge in [0.25, 0.3) is 5.91 Å². The van der Waals surface area contributed by atoms with Crippen LogP contribution in [0.25, 0.3) is 0 Å². The third-order valence-electron chi connectivity index (χ3n) is 3.22. The summed E-state index contributed by atoms with van der Waals surface area (Å²) in [5.41, 5.74) is -0.383. The van der Waals surface area contributed by atoms with E-state index in [9.17, 15) is 18.4 Å². The van der Waals surface area contributed by atoms with E-state index in [4.69, 9.17) is 4.74 Å². The molecule has 1 unspecified atom stereocenters. The number of carbonyl (C=O) groups is 2. The van der Waals surface area contributed by atoms with Crippen molar-refractivity contribution in [2.45, 2.75) is 13.0 Å². The van der Waals surface area contributed by atoms with Gasteiger partial charge in [-0.15, -0.1) is 0 Å². The van der Waals surface area contributed by atoms with Crippen molar-refractivity contribution < 1.29 is 23.1 Å². The van der Waals surface area contributed by atoms with Gasteiger partial charge in [0.15, 0.2) is 11.6 Å². The summed E-state index contributed by atoms with van der Waals surface area (Å²) in [6.07, 6.45) is 0. The van der Waals surface area contributed by atoms with Crippen molar-refractivity contribution in [3.63, 3.8) is 0 Å². The fraction of sp³-hybridized carbons (Fsp3) is 0.429. The highest BCUT2D eigenvalue weighted by Gasteiger charge is 2.34. The van der Waals surface area contributed by atoms with Gasteiger partial charge in [0.1, 0.15) is 6.04 Å². The summed E-state index contributed by atoms with van der Waals surface area (Å²) < 4.78 is 32.2. The normalized spacial score (nSPS) is 18.4. The van der Waals surface area contributed by atoms with Gasteiger partial charge >= 0.3 is 0 Å². The first kappa shape index (κ1) is 15.4. The van der Waals surface area contributed by atoms with Gasteiger partial charge in [-0.3, -0.25) is 9.59 Å². The monoisotopic (exact) mass is 298 g/mol. The number of hydrogen-bond donors (Lipinski definition) is 1. The molecule has 1 aromatic rings. The maximum absolute atomic E-state index is 13.7. The Labute approximate surface area is 120 Å². The Morgan fingerprint density at radius 1 is 1.43 bits per heavy atom. The highest BCUT2D eigenvalue weighted by atomic mass is 19.2. The lowest BCUT2D eigenvalue weighted by Gasteiger charge is -2.34. The molecular weight excluding hydrogens is 282 g/mol. The second kappa shape index (κ2) is 6.62. The summed E-state index contributed by atoms with van der Waals surface area (Å²) in [7, 11) is 0. The summed E-state index contributed by atoms with van der Waals surface area (Å²) in [5, 5.41) is 2.60. The maximum Gasteiger partial charge on any atom is 0.257 e. The second-order valence-electron chi connectivity index (χ2n) is 4.59. The van der Waals surface area contributed by atoms with E-state index in [0.29, 0.717) is 6.54 Å². The molecule has 0 spiro atoms. The number of benzene rings is 1. The zero-order chi connectivity index (χ0) is 15.4. The van der Waals surface area contributed by atoms with Crippen molar-refractivity contribution >= 4 is 11.8 Å². The van der Waals surface area contributed by atoms with Gasteiger partial charge in [-0.25, -0.2) is 8.78 Å². The number of amides is 2. The lowest BCUT2D eigenvalue weighted by molar-refractivity contribution is -0.130. The van der Waals surface area contributed by atoms with Crippen LogP contribution in [-0.4, -0.2) is 49.1 Å². The molecule has 1 aliphatic rings. The molecule has 0 saturated carbocycles. The molecule has 1 heterocycles. The Balaban J connectivity index is 2.26. The lowest BCUT2D eigenvalue weighted by Crippen LogP contribution is -2.56. The maximum atomic E-state index is 13.7. The van der Waals surface area contributed by atoms with Crippen LogP contribution in [0.4, 0.5) is 8.78 Å². The van der Waals surface area contributed by atoms with Crippen LogP contribution in [0.5, 0.6) is 0 Å². The first-order valence-corrected chi connectivity index (χ1v) is 6.66. The van der Waals surface area contributed by atoms with E-state index in [2.05, 4.69) is 5.32 Å². The van der Waals surface area contributed by atoms with Crippen LogP contribution >= 0.6 is 0 Å². The first-order valence-electron chi connectivity index (χ1n) is 6.66. The van der Waals surface area contributed by atoms with Gasteiger partial charge in [-0.1, -0.05) is 6.07 Å². The third-order valence-corrected chi connectivity index (χ3v) is 3.22. The summed E-state index contributed by atoms with van der Waals surface area (Å²) in [6, 6.07) is 2.55. The molecule has 1 N–H and O–H groups in total. The number of nitrogens with zero attached hydrogens (tertiary/aromatic N) is 1. The molecule has 5 nitrogen and oxygen atoms in total. The predicted molar refractivity (Wildman–Crippen MR) is 70.7 cm³/mol. The van der Waals surface area contributed by atoms with Crippen LogP contribution in [0, 0.1) is 11.6 Å². The highest BCUT2D eigenvalue weighted by molar-refractivity contribution is 5.98. The lowest BCUT2D eigenvalue weighted by atomic mass is 10.1. The second-order valence-corrected chi connectivity index (χ2v) is 4.59. The molecule has 1 aromatic carbocycles. The number of likely N-dealkylation sites (N-methyl/N-ethyl adjacent to an activating group) is 1. The molecule has 0 aliphatic carbocycles. The van der Waals surface area contributed by atoms with Gasteiger partial charge in [0.05, 0.1) is 18.8 Å². The molecule has 2 amide bonds. The number of ether oxygens (including phenoxy) is 1. The molecule has 0 bridgehead atoms. The fourth-order valence-electron chi connectivity index (χ4n) is 2.18. The van der Waals surface area contributed by atoms with Crippen LogP contribution in [0.2, 0.25) is 0 Å². The van der Waals surface area contributed by atoms with Crippen molar-refractivity contribution in [1.29, 1.82) is 0 Å². The molecule has 7 heteroatoms. The first-order chi connectivity index (χ1) is 10.1. The molecule has 1 fully saturated rings. The number of hydrogen-bond acceptors (Lipinski definition) is 3. The number of halogens is 2. The minimum Gasteiger partial charge on any atom is -0.377 e. The molecule has 0 aromatic heterocycles. The third kappa shape index (κ3) is 3.18. The molecular formula is C14H16F2N2O3. The van der Waals surface area contributed by atoms with Crippen molar-refractivity contribution in [3.8, 4) is 0 Å². The SMILES string of the molecule is CCNC(=O)C1COCCN1C(=O)c1cccc(F)c1F. The van der Waals surface area contributed by atoms with Crippen LogP contribution in [-0.2, 0) is 9.53 Å². The van der Waals surface area contributed by atoms with E-state index >= 15 is 0 Å². The average Bonchev–Trinajstić information content (AvgIpc) is 2.49. The van der Waals surface area contributed by atoms with E-state index in [-0.39, 0.29) is 31.2 Å². The van der Waals surface area contributed by atoms with E-state index in [1.807, 2.05) is 0 Å². The fourth-order valence-corrected chi connectivity index (χ4v) is 2.18.